The number of hydrogen-bond donors (Lipinski definition) is 1. The highest BCUT2D eigenvalue weighted by molar-refractivity contribution is 6.42. The van der Waals surface area contributed by atoms with Crippen molar-refractivity contribution in [2.75, 3.05) is 5.43 Å². The number of halogens is 2. The van der Waals surface area contributed by atoms with Gasteiger partial charge in [-0.1, -0.05) is 23.2 Å². The fourth-order valence-corrected chi connectivity index (χ4v) is 1.56. The molecule has 0 amide bonds. The van der Waals surface area contributed by atoms with E-state index < -0.39 is 4.92 Å². The highest BCUT2D eigenvalue weighted by Crippen LogP contribution is 2.26. The molecular formula is C11H7Cl2N5O2. The van der Waals surface area contributed by atoms with E-state index in [-0.39, 0.29) is 15.9 Å². The van der Waals surface area contributed by atoms with Gasteiger partial charge >= 0.3 is 0 Å². The summed E-state index contributed by atoms with van der Waals surface area (Å²) in [6, 6.07) is 5.92. The number of nitrogens with zero attached hydrogens (tertiary/aromatic N) is 4. The lowest BCUT2D eigenvalue weighted by Gasteiger charge is -2.02. The van der Waals surface area contributed by atoms with Gasteiger partial charge in [-0.2, -0.15) is 10.2 Å². The number of hydrazone groups is 1. The average molecular weight is 312 g/mol. The van der Waals surface area contributed by atoms with Crippen molar-refractivity contribution in [1.82, 2.24) is 10.2 Å². The van der Waals surface area contributed by atoms with Crippen LogP contribution in [0.5, 0.6) is 0 Å². The lowest BCUT2D eigenvalue weighted by atomic mass is 10.2. The minimum absolute atomic E-state index is 0.0169. The zero-order valence-electron chi connectivity index (χ0n) is 9.83. The molecule has 1 aromatic carbocycles. The van der Waals surface area contributed by atoms with Crippen molar-refractivity contribution in [3.05, 3.63) is 56.3 Å². The van der Waals surface area contributed by atoms with Crippen molar-refractivity contribution in [1.29, 1.82) is 0 Å². The zero-order valence-corrected chi connectivity index (χ0v) is 11.3. The van der Waals surface area contributed by atoms with Gasteiger partial charge in [0.25, 0.3) is 5.69 Å². The van der Waals surface area contributed by atoms with Gasteiger partial charge < -0.3 is 0 Å². The van der Waals surface area contributed by atoms with Crippen molar-refractivity contribution >= 4 is 40.8 Å². The molecule has 1 heterocycles. The van der Waals surface area contributed by atoms with Gasteiger partial charge in [-0.25, -0.2) is 0 Å². The molecule has 1 N–H and O–H groups in total. The van der Waals surface area contributed by atoms with Crippen molar-refractivity contribution in [3.63, 3.8) is 0 Å². The molecule has 0 unspecified atom stereocenters. The molecule has 0 atom stereocenters. The third kappa shape index (κ3) is 3.40. The molecule has 1 aromatic heterocycles. The normalized spacial score (nSPS) is 10.7. The molecule has 0 fully saturated rings. The summed E-state index contributed by atoms with van der Waals surface area (Å²) in [5, 5.41) is 21.9. The smallest absolute Gasteiger partial charge is 0.269 e. The summed E-state index contributed by atoms with van der Waals surface area (Å²) in [5.41, 5.74) is 3.77. The summed E-state index contributed by atoms with van der Waals surface area (Å²) in [4.78, 5) is 10.0. The van der Waals surface area contributed by atoms with E-state index in [0.717, 1.165) is 0 Å². The van der Waals surface area contributed by atoms with Crippen molar-refractivity contribution < 1.29 is 4.92 Å². The van der Waals surface area contributed by atoms with Crippen LogP contribution in [0.1, 0.15) is 5.56 Å². The highest BCUT2D eigenvalue weighted by Gasteiger charge is 2.05. The molecule has 7 nitrogen and oxygen atoms in total. The first-order valence-electron chi connectivity index (χ1n) is 5.28. The molecule has 0 bridgehead atoms. The molecule has 0 spiro atoms. The van der Waals surface area contributed by atoms with Crippen LogP contribution in [-0.2, 0) is 0 Å². The summed E-state index contributed by atoms with van der Waals surface area (Å²) in [6.45, 7) is 0. The van der Waals surface area contributed by atoms with Crippen LogP contribution in [-0.4, -0.2) is 21.3 Å². The van der Waals surface area contributed by atoms with Gasteiger partial charge in [0.1, 0.15) is 5.02 Å². The maximum absolute atomic E-state index is 10.5. The molecule has 102 valence electrons. The Labute approximate surface area is 123 Å². The quantitative estimate of drug-likeness (QED) is 0.532. The van der Waals surface area contributed by atoms with Gasteiger partial charge in [0.15, 0.2) is 5.15 Å². The fraction of sp³-hybridized carbons (Fsp3) is 0. The molecule has 20 heavy (non-hydrogen) atoms. The van der Waals surface area contributed by atoms with Crippen LogP contribution in [0.4, 0.5) is 11.4 Å². The minimum atomic E-state index is -0.469. The summed E-state index contributed by atoms with van der Waals surface area (Å²) in [5.74, 6) is 0. The number of aromatic nitrogens is 2. The minimum Gasteiger partial charge on any atom is -0.275 e. The van der Waals surface area contributed by atoms with Crippen LogP contribution in [0.2, 0.25) is 10.2 Å². The molecule has 0 aliphatic heterocycles. The second-order valence-electron chi connectivity index (χ2n) is 3.58. The van der Waals surface area contributed by atoms with E-state index in [1.54, 1.807) is 12.1 Å². The van der Waals surface area contributed by atoms with Gasteiger partial charge in [0.2, 0.25) is 0 Å². The van der Waals surface area contributed by atoms with Gasteiger partial charge in [-0.05, 0) is 17.7 Å². The summed E-state index contributed by atoms with van der Waals surface area (Å²) < 4.78 is 0. The van der Waals surface area contributed by atoms with Gasteiger partial charge in [0, 0.05) is 12.1 Å². The predicted molar refractivity (Wildman–Crippen MR) is 76.4 cm³/mol. The molecule has 2 aromatic rings. The highest BCUT2D eigenvalue weighted by atomic mass is 35.5. The van der Waals surface area contributed by atoms with Gasteiger partial charge in [-0.3, -0.25) is 15.5 Å². The number of nitro benzene ring substituents is 1. The Kier molecular flexibility index (Phi) is 4.44. The summed E-state index contributed by atoms with van der Waals surface area (Å²) in [6.07, 6.45) is 2.86. The first-order valence-corrected chi connectivity index (χ1v) is 6.03. The molecule has 2 rings (SSSR count). The maximum Gasteiger partial charge on any atom is 0.269 e. The number of hydrogen-bond acceptors (Lipinski definition) is 6. The SMILES string of the molecule is O=[N+]([O-])c1ccc(C=NNc2cnnc(Cl)c2Cl)cc1. The average Bonchev–Trinajstić information content (AvgIpc) is 2.44. The Bertz CT molecular complexity index is 660. The largest absolute Gasteiger partial charge is 0.275 e. The molecule has 0 aliphatic carbocycles. The number of rotatable bonds is 4. The number of benzene rings is 1. The Hall–Kier alpha value is -2.25. The second kappa shape index (κ2) is 6.27. The third-order valence-electron chi connectivity index (χ3n) is 2.25. The monoisotopic (exact) mass is 311 g/mol. The number of non-ortho nitro benzene ring substituents is 1. The first kappa shape index (κ1) is 14.2. The number of nitro groups is 1. The molecule has 0 saturated heterocycles. The van der Waals surface area contributed by atoms with E-state index >= 15 is 0 Å². The van der Waals surface area contributed by atoms with Crippen LogP contribution in [0.3, 0.4) is 0 Å². The number of nitrogens with one attached hydrogen (secondary N) is 1. The standard InChI is InChI=1S/C11H7Cl2N5O2/c12-10-9(6-15-17-11(10)13)16-14-5-7-1-3-8(4-2-7)18(19)20/h1-6H,(H,16,17). The first-order chi connectivity index (χ1) is 9.58. The molecular weight excluding hydrogens is 305 g/mol. The van der Waals surface area contributed by atoms with E-state index in [0.29, 0.717) is 11.3 Å². The van der Waals surface area contributed by atoms with E-state index in [2.05, 4.69) is 20.7 Å². The fourth-order valence-electron chi connectivity index (χ4n) is 1.29. The Balaban J connectivity index is 2.06. The van der Waals surface area contributed by atoms with Crippen LogP contribution < -0.4 is 5.43 Å². The number of anilines is 1. The topological polar surface area (TPSA) is 93.3 Å². The summed E-state index contributed by atoms with van der Waals surface area (Å²) in [7, 11) is 0. The van der Waals surface area contributed by atoms with E-state index in [4.69, 9.17) is 23.2 Å². The van der Waals surface area contributed by atoms with Crippen molar-refractivity contribution in [3.8, 4) is 0 Å². The molecule has 0 saturated carbocycles. The zero-order chi connectivity index (χ0) is 14.5. The lowest BCUT2D eigenvalue weighted by Crippen LogP contribution is -1.95. The Morgan fingerprint density at radius 2 is 2.00 bits per heavy atom. The van der Waals surface area contributed by atoms with Crippen LogP contribution in [0.25, 0.3) is 0 Å². The molecule has 0 aliphatic rings. The van der Waals surface area contributed by atoms with Crippen molar-refractivity contribution in [2.45, 2.75) is 0 Å². The van der Waals surface area contributed by atoms with E-state index in [9.17, 15) is 10.1 Å². The maximum atomic E-state index is 10.5. The van der Waals surface area contributed by atoms with Crippen LogP contribution in [0, 0.1) is 10.1 Å². The molecule has 9 heteroatoms. The van der Waals surface area contributed by atoms with Gasteiger partial charge in [-0.15, -0.1) is 5.10 Å². The predicted octanol–water partition coefficient (Wildman–Crippen LogP) is 3.14. The Morgan fingerprint density at radius 3 is 2.65 bits per heavy atom. The second-order valence-corrected chi connectivity index (χ2v) is 4.32. The van der Waals surface area contributed by atoms with E-state index in [1.165, 1.54) is 24.5 Å². The van der Waals surface area contributed by atoms with Crippen LogP contribution >= 0.6 is 23.2 Å². The summed E-state index contributed by atoms with van der Waals surface area (Å²) >= 11 is 11.6. The van der Waals surface area contributed by atoms with E-state index in [1.807, 2.05) is 0 Å². The third-order valence-corrected chi connectivity index (χ3v) is 3.00. The lowest BCUT2D eigenvalue weighted by molar-refractivity contribution is -0.384. The van der Waals surface area contributed by atoms with Crippen LogP contribution in [0.15, 0.2) is 35.6 Å². The van der Waals surface area contributed by atoms with Gasteiger partial charge in [0.05, 0.1) is 23.0 Å². The van der Waals surface area contributed by atoms with Crippen molar-refractivity contribution in [2.24, 2.45) is 5.10 Å². The Morgan fingerprint density at radius 1 is 1.30 bits per heavy atom. The molecule has 0 radical (unpaired) electrons.